The van der Waals surface area contributed by atoms with Gasteiger partial charge in [-0.25, -0.2) is 0 Å². The fourth-order valence-electron chi connectivity index (χ4n) is 6.27. The Bertz CT molecular complexity index is 890. The minimum absolute atomic E-state index is 0.284. The number of hydrogen-bond donors (Lipinski definition) is 1. The van der Waals surface area contributed by atoms with Gasteiger partial charge in [-0.3, -0.25) is 0 Å². The molecule has 2 aromatic rings. The zero-order chi connectivity index (χ0) is 18.1. The molecule has 2 aromatic carbocycles. The maximum Gasteiger partial charge on any atom is 0.129 e. The molecule has 1 fully saturated rings. The van der Waals surface area contributed by atoms with Crippen LogP contribution in [0.15, 0.2) is 30.3 Å². The van der Waals surface area contributed by atoms with Gasteiger partial charge in [-0.05, 0) is 118 Å². The van der Waals surface area contributed by atoms with Gasteiger partial charge < -0.3 is 9.84 Å². The van der Waals surface area contributed by atoms with E-state index in [1.54, 1.807) is 7.11 Å². The molecule has 5 rings (SSSR count). The van der Waals surface area contributed by atoms with E-state index in [0.717, 1.165) is 27.6 Å². The zero-order valence-electron chi connectivity index (χ0n) is 15.4. The number of fused-ring (bicyclic) bond motifs is 7. The van der Waals surface area contributed by atoms with Crippen molar-refractivity contribution in [2.24, 2.45) is 11.8 Å². The van der Waals surface area contributed by atoms with E-state index in [9.17, 15) is 5.11 Å². The third-order valence-electron chi connectivity index (χ3n) is 7.59. The van der Waals surface area contributed by atoms with Crippen molar-refractivity contribution >= 4 is 22.6 Å². The van der Waals surface area contributed by atoms with Crippen molar-refractivity contribution < 1.29 is 9.84 Å². The Labute approximate surface area is 169 Å². The molecular weight excluding hydrogens is 433 g/mol. The minimum Gasteiger partial charge on any atom is -0.507 e. The Morgan fingerprint density at radius 2 is 2.04 bits per heavy atom. The van der Waals surface area contributed by atoms with E-state index in [2.05, 4.69) is 53.8 Å². The van der Waals surface area contributed by atoms with Gasteiger partial charge in [0.05, 0.1) is 10.7 Å². The van der Waals surface area contributed by atoms with E-state index in [1.165, 1.54) is 47.9 Å². The van der Waals surface area contributed by atoms with Crippen molar-refractivity contribution in [3.8, 4) is 11.5 Å². The number of ether oxygens (including phenoxy) is 1. The number of benzene rings is 2. The highest BCUT2D eigenvalue weighted by Gasteiger charge is 2.52. The van der Waals surface area contributed by atoms with E-state index in [1.807, 2.05) is 6.07 Å². The molecule has 0 aliphatic heterocycles. The van der Waals surface area contributed by atoms with Gasteiger partial charge in [0, 0.05) is 0 Å². The second-order valence-corrected chi connectivity index (χ2v) is 9.64. The van der Waals surface area contributed by atoms with Crippen LogP contribution in [-0.2, 0) is 18.3 Å². The van der Waals surface area contributed by atoms with Crippen LogP contribution in [0.1, 0.15) is 54.4 Å². The lowest BCUT2D eigenvalue weighted by molar-refractivity contribution is 0.106. The topological polar surface area (TPSA) is 29.5 Å². The maximum absolute atomic E-state index is 10.1. The highest BCUT2D eigenvalue weighted by Crippen LogP contribution is 2.60. The molecule has 2 nitrogen and oxygen atoms in total. The first kappa shape index (κ1) is 16.9. The van der Waals surface area contributed by atoms with Crippen molar-refractivity contribution in [1.29, 1.82) is 0 Å². The smallest absolute Gasteiger partial charge is 0.129 e. The van der Waals surface area contributed by atoms with Crippen molar-refractivity contribution in [2.45, 2.75) is 50.4 Å². The maximum atomic E-state index is 10.1. The Hall–Kier alpha value is -1.23. The largest absolute Gasteiger partial charge is 0.507 e. The fourth-order valence-corrected chi connectivity index (χ4v) is 7.03. The molecule has 1 N–H and O–H groups in total. The zero-order valence-corrected chi connectivity index (χ0v) is 17.5. The molecule has 3 heteroatoms. The summed E-state index contributed by atoms with van der Waals surface area (Å²) in [6, 6.07) is 10.8. The molecule has 0 amide bonds. The quantitative estimate of drug-likeness (QED) is 0.566. The third-order valence-corrected chi connectivity index (χ3v) is 8.79. The Morgan fingerprint density at radius 1 is 1.19 bits per heavy atom. The predicted octanol–water partition coefficient (Wildman–Crippen LogP) is 5.58. The van der Waals surface area contributed by atoms with Gasteiger partial charge in [0.15, 0.2) is 0 Å². The number of halogens is 1. The first-order valence-corrected chi connectivity index (χ1v) is 10.8. The molecular formula is C23H25IO2. The third kappa shape index (κ3) is 2.22. The molecule has 0 radical (unpaired) electrons. The summed E-state index contributed by atoms with van der Waals surface area (Å²) >= 11 is 2.33. The summed E-state index contributed by atoms with van der Waals surface area (Å²) in [6.07, 6.45) is 6.07. The van der Waals surface area contributed by atoms with Crippen LogP contribution in [0.25, 0.3) is 0 Å². The van der Waals surface area contributed by atoms with Crippen LogP contribution in [0, 0.1) is 15.4 Å². The van der Waals surface area contributed by atoms with Crippen molar-refractivity contribution in [3.63, 3.8) is 0 Å². The molecule has 0 spiro atoms. The Balaban J connectivity index is 1.55. The standard InChI is InChI=1S/C23H25IO2/c1-23-10-9-16-15-7-8-21(25)22(24)18(15)6-5-17(16)20(23)11-13-3-4-14(26-2)12-19(13)23/h3-4,7-8,12,16-17,20,25H,5-6,9-11H2,1-2H3/t16-,17-,20+,23-/m1/s1/i24-2. The van der Waals surface area contributed by atoms with Gasteiger partial charge in [0.1, 0.15) is 11.5 Å². The molecule has 0 saturated heterocycles. The summed E-state index contributed by atoms with van der Waals surface area (Å²) in [6.45, 7) is 2.50. The fraction of sp³-hybridized carbons (Fsp3) is 0.478. The molecule has 3 aliphatic rings. The van der Waals surface area contributed by atoms with Crippen LogP contribution in [0.4, 0.5) is 0 Å². The van der Waals surface area contributed by atoms with Gasteiger partial charge >= 0.3 is 0 Å². The summed E-state index contributed by atoms with van der Waals surface area (Å²) < 4.78 is 6.59. The second-order valence-electron chi connectivity index (χ2n) is 8.57. The Morgan fingerprint density at radius 3 is 2.85 bits per heavy atom. The average Bonchev–Trinajstić information content (AvgIpc) is 2.96. The van der Waals surface area contributed by atoms with Crippen LogP contribution >= 0.6 is 22.6 Å². The van der Waals surface area contributed by atoms with Gasteiger partial charge in [-0.2, -0.15) is 0 Å². The van der Waals surface area contributed by atoms with Gasteiger partial charge in [0.25, 0.3) is 0 Å². The van der Waals surface area contributed by atoms with Crippen LogP contribution in [0.5, 0.6) is 11.5 Å². The summed E-state index contributed by atoms with van der Waals surface area (Å²) in [5, 5.41) is 10.1. The number of phenols is 1. The molecule has 0 heterocycles. The molecule has 0 aromatic heterocycles. The van der Waals surface area contributed by atoms with Crippen molar-refractivity contribution in [3.05, 3.63) is 56.2 Å². The van der Waals surface area contributed by atoms with Crippen LogP contribution in [0.2, 0.25) is 0 Å². The normalized spacial score (nSPS) is 31.6. The lowest BCUT2D eigenvalue weighted by Crippen LogP contribution is -2.43. The van der Waals surface area contributed by atoms with Crippen molar-refractivity contribution in [2.75, 3.05) is 7.11 Å². The van der Waals surface area contributed by atoms with E-state index in [0.29, 0.717) is 11.7 Å². The molecule has 0 unspecified atom stereocenters. The lowest BCUT2D eigenvalue weighted by Gasteiger charge is -2.49. The van der Waals surface area contributed by atoms with E-state index in [4.69, 9.17) is 4.74 Å². The summed E-state index contributed by atoms with van der Waals surface area (Å²) in [5.74, 6) is 3.57. The number of methoxy groups -OCH3 is 1. The SMILES string of the molecule is COc1ccc2c(c1)[C@@]1(C)CC[C@@H]3c4ccc(O)c([125I])c4CC[C@H]3[C@@H]1C2. The number of aromatic hydroxyl groups is 1. The molecule has 26 heavy (non-hydrogen) atoms. The predicted molar refractivity (Wildman–Crippen MR) is 112 cm³/mol. The van der Waals surface area contributed by atoms with Crippen LogP contribution in [0.3, 0.4) is 0 Å². The number of rotatable bonds is 1. The van der Waals surface area contributed by atoms with Gasteiger partial charge in [0.2, 0.25) is 0 Å². The highest BCUT2D eigenvalue weighted by atomic mass is 125. The highest BCUT2D eigenvalue weighted by molar-refractivity contribution is 14.1. The average molecular weight is 458 g/mol. The first-order chi connectivity index (χ1) is 12.5. The Kier molecular flexibility index (Phi) is 3.83. The summed E-state index contributed by atoms with van der Waals surface area (Å²) in [5.41, 5.74) is 6.27. The molecule has 1 saturated carbocycles. The van der Waals surface area contributed by atoms with Crippen LogP contribution < -0.4 is 4.74 Å². The van der Waals surface area contributed by atoms with E-state index in [-0.39, 0.29) is 5.41 Å². The monoisotopic (exact) mass is 458 g/mol. The van der Waals surface area contributed by atoms with E-state index >= 15 is 0 Å². The lowest BCUT2D eigenvalue weighted by atomic mass is 9.55. The summed E-state index contributed by atoms with van der Waals surface area (Å²) in [7, 11) is 1.77. The minimum atomic E-state index is 0.284. The molecule has 136 valence electrons. The number of hydrogen-bond acceptors (Lipinski definition) is 2. The second kappa shape index (κ2) is 5.88. The summed E-state index contributed by atoms with van der Waals surface area (Å²) in [4.78, 5) is 0. The van der Waals surface area contributed by atoms with E-state index < -0.39 is 0 Å². The molecule has 3 aliphatic carbocycles. The van der Waals surface area contributed by atoms with Gasteiger partial charge in [-0.15, -0.1) is 0 Å². The molecule has 0 bridgehead atoms. The van der Waals surface area contributed by atoms with Crippen molar-refractivity contribution in [1.82, 2.24) is 0 Å². The first-order valence-electron chi connectivity index (χ1n) is 9.70. The van der Waals surface area contributed by atoms with Gasteiger partial charge in [-0.1, -0.05) is 19.1 Å². The van der Waals surface area contributed by atoms with Crippen LogP contribution in [-0.4, -0.2) is 12.2 Å². The number of phenolic OH excluding ortho intramolecular Hbond substituents is 1. The molecule has 4 atom stereocenters.